The topological polar surface area (TPSA) is 74.8 Å². The molecule has 1 N–H and O–H groups in total. The van der Waals surface area contributed by atoms with E-state index in [4.69, 9.17) is 9.72 Å². The van der Waals surface area contributed by atoms with Crippen molar-refractivity contribution in [1.29, 1.82) is 0 Å². The van der Waals surface area contributed by atoms with Gasteiger partial charge in [0.25, 0.3) is 0 Å². The van der Waals surface area contributed by atoms with Crippen molar-refractivity contribution >= 4 is 23.3 Å². The molecule has 2 saturated heterocycles. The van der Waals surface area contributed by atoms with E-state index >= 15 is 0 Å². The highest BCUT2D eigenvalue weighted by atomic mass is 16.5. The van der Waals surface area contributed by atoms with Gasteiger partial charge in [-0.25, -0.2) is 4.98 Å². The van der Waals surface area contributed by atoms with Crippen molar-refractivity contribution in [2.24, 2.45) is 5.92 Å². The zero-order valence-electron chi connectivity index (χ0n) is 19.4. The van der Waals surface area contributed by atoms with Crippen molar-refractivity contribution in [3.8, 4) is 0 Å². The summed E-state index contributed by atoms with van der Waals surface area (Å²) < 4.78 is 5.67. The van der Waals surface area contributed by atoms with Crippen LogP contribution in [0.3, 0.4) is 0 Å². The SMILES string of the molecule is CC(=O)N1CCC(Nc2ccc3c(n2)C(C2CCOC2)C(=O)N(c2ccccc2C)C3)CC1. The molecular weight excluding hydrogens is 416 g/mol. The lowest BCUT2D eigenvalue weighted by Crippen LogP contribution is -2.43. The molecule has 0 bridgehead atoms. The van der Waals surface area contributed by atoms with E-state index in [-0.39, 0.29) is 29.7 Å². The summed E-state index contributed by atoms with van der Waals surface area (Å²) in [6.45, 7) is 7.04. The molecule has 0 saturated carbocycles. The average molecular weight is 449 g/mol. The predicted molar refractivity (Wildman–Crippen MR) is 127 cm³/mol. The number of aryl methyl sites for hydroxylation is 1. The highest BCUT2D eigenvalue weighted by Gasteiger charge is 2.42. The fourth-order valence-electron chi connectivity index (χ4n) is 5.38. The number of pyridine rings is 1. The number of amides is 2. The van der Waals surface area contributed by atoms with Crippen molar-refractivity contribution in [1.82, 2.24) is 9.88 Å². The van der Waals surface area contributed by atoms with Crippen LogP contribution < -0.4 is 10.2 Å². The summed E-state index contributed by atoms with van der Waals surface area (Å²) in [5.74, 6) is 0.920. The predicted octanol–water partition coefficient (Wildman–Crippen LogP) is 3.48. The van der Waals surface area contributed by atoms with Gasteiger partial charge in [-0.3, -0.25) is 9.59 Å². The molecule has 2 unspecified atom stereocenters. The number of fused-ring (bicyclic) bond motifs is 1. The summed E-state index contributed by atoms with van der Waals surface area (Å²) in [6.07, 6.45) is 2.68. The Kier molecular flexibility index (Phi) is 6.06. The lowest BCUT2D eigenvalue weighted by molar-refractivity contribution is -0.129. The van der Waals surface area contributed by atoms with Gasteiger partial charge in [-0.15, -0.1) is 0 Å². The Balaban J connectivity index is 1.42. The Bertz CT molecular complexity index is 1040. The van der Waals surface area contributed by atoms with Gasteiger partial charge < -0.3 is 19.9 Å². The first-order chi connectivity index (χ1) is 16.0. The molecule has 3 aliphatic rings. The molecule has 1 aromatic carbocycles. The fraction of sp³-hybridized carbons (Fsp3) is 0.500. The molecule has 7 heteroatoms. The standard InChI is InChI=1S/C26H32N4O3/c1-17-5-3-4-6-22(17)30-15-19-7-8-23(27-21-9-12-29(13-10-21)18(2)31)28-25(19)24(26(30)32)20-11-14-33-16-20/h3-8,20-21,24H,9-16H2,1-2H3,(H,27,28). The van der Waals surface area contributed by atoms with Gasteiger partial charge >= 0.3 is 0 Å². The Labute approximate surface area is 195 Å². The number of likely N-dealkylation sites (tertiary alicyclic amines) is 1. The maximum Gasteiger partial charge on any atom is 0.236 e. The zero-order valence-corrected chi connectivity index (χ0v) is 19.4. The number of nitrogens with one attached hydrogen (secondary N) is 1. The molecule has 2 fully saturated rings. The maximum atomic E-state index is 13.8. The molecule has 1 aromatic heterocycles. The second-order valence-electron chi connectivity index (χ2n) is 9.48. The minimum Gasteiger partial charge on any atom is -0.381 e. The smallest absolute Gasteiger partial charge is 0.236 e. The molecule has 174 valence electrons. The molecule has 33 heavy (non-hydrogen) atoms. The van der Waals surface area contributed by atoms with E-state index in [1.807, 2.05) is 34.1 Å². The number of rotatable bonds is 4. The number of benzene rings is 1. The molecule has 7 nitrogen and oxygen atoms in total. The van der Waals surface area contributed by atoms with Gasteiger partial charge in [0, 0.05) is 44.3 Å². The van der Waals surface area contributed by atoms with Crippen molar-refractivity contribution in [3.05, 3.63) is 53.2 Å². The van der Waals surface area contributed by atoms with E-state index in [1.165, 1.54) is 0 Å². The summed E-state index contributed by atoms with van der Waals surface area (Å²) in [4.78, 5) is 34.2. The average Bonchev–Trinajstić information content (AvgIpc) is 3.34. The Morgan fingerprint density at radius 3 is 2.61 bits per heavy atom. The second-order valence-corrected chi connectivity index (χ2v) is 9.48. The van der Waals surface area contributed by atoms with Crippen LogP contribution in [-0.2, 0) is 20.9 Å². The van der Waals surface area contributed by atoms with E-state index in [0.29, 0.717) is 19.8 Å². The number of hydrogen-bond acceptors (Lipinski definition) is 5. The third-order valence-corrected chi connectivity index (χ3v) is 7.30. The number of ether oxygens (including phenoxy) is 1. The molecule has 0 aliphatic carbocycles. The summed E-state index contributed by atoms with van der Waals surface area (Å²) in [5, 5.41) is 3.56. The minimum absolute atomic E-state index is 0.117. The van der Waals surface area contributed by atoms with Crippen LogP contribution in [0.2, 0.25) is 0 Å². The first kappa shape index (κ1) is 21.9. The van der Waals surface area contributed by atoms with Crippen LogP contribution in [-0.4, -0.2) is 54.0 Å². The third kappa shape index (κ3) is 4.34. The van der Waals surface area contributed by atoms with Gasteiger partial charge in [-0.2, -0.15) is 0 Å². The lowest BCUT2D eigenvalue weighted by Gasteiger charge is -2.37. The van der Waals surface area contributed by atoms with E-state index in [9.17, 15) is 9.59 Å². The molecular formula is C26H32N4O3. The van der Waals surface area contributed by atoms with Crippen LogP contribution in [0.1, 0.15) is 48.9 Å². The highest BCUT2D eigenvalue weighted by Crippen LogP contribution is 2.40. The molecule has 4 heterocycles. The van der Waals surface area contributed by atoms with Crippen LogP contribution >= 0.6 is 0 Å². The van der Waals surface area contributed by atoms with Crippen molar-refractivity contribution in [2.45, 2.75) is 51.6 Å². The van der Waals surface area contributed by atoms with E-state index < -0.39 is 0 Å². The van der Waals surface area contributed by atoms with Gasteiger partial charge in [-0.1, -0.05) is 24.3 Å². The molecule has 2 amide bonds. The zero-order chi connectivity index (χ0) is 22.9. The Hall–Kier alpha value is -2.93. The van der Waals surface area contributed by atoms with Gasteiger partial charge in [0.15, 0.2) is 0 Å². The number of aromatic nitrogens is 1. The van der Waals surface area contributed by atoms with Gasteiger partial charge in [0.2, 0.25) is 11.8 Å². The van der Waals surface area contributed by atoms with Crippen LogP contribution in [0.4, 0.5) is 11.5 Å². The number of carbonyl (C=O) groups is 2. The number of carbonyl (C=O) groups excluding carboxylic acids is 2. The van der Waals surface area contributed by atoms with E-state index in [2.05, 4.69) is 24.4 Å². The first-order valence-electron chi connectivity index (χ1n) is 12.0. The molecule has 0 spiro atoms. The molecule has 5 rings (SSSR count). The number of piperidine rings is 1. The lowest BCUT2D eigenvalue weighted by atomic mass is 9.82. The third-order valence-electron chi connectivity index (χ3n) is 7.30. The largest absolute Gasteiger partial charge is 0.381 e. The number of nitrogens with zero attached hydrogens (tertiary/aromatic N) is 3. The number of para-hydroxylation sites is 1. The molecule has 0 radical (unpaired) electrons. The molecule has 2 atom stereocenters. The van der Waals surface area contributed by atoms with E-state index in [1.54, 1.807) is 6.92 Å². The Morgan fingerprint density at radius 1 is 1.12 bits per heavy atom. The number of anilines is 2. The first-order valence-corrected chi connectivity index (χ1v) is 12.0. The van der Waals surface area contributed by atoms with Gasteiger partial charge in [0.1, 0.15) is 5.82 Å². The summed E-state index contributed by atoms with van der Waals surface area (Å²) in [6, 6.07) is 12.5. The van der Waals surface area contributed by atoms with Crippen molar-refractivity contribution in [2.75, 3.05) is 36.5 Å². The fourth-order valence-corrected chi connectivity index (χ4v) is 5.38. The van der Waals surface area contributed by atoms with Crippen LogP contribution in [0, 0.1) is 12.8 Å². The maximum absolute atomic E-state index is 13.8. The normalized spacial score (nSPS) is 23.5. The van der Waals surface area contributed by atoms with Crippen molar-refractivity contribution < 1.29 is 14.3 Å². The van der Waals surface area contributed by atoms with Gasteiger partial charge in [0.05, 0.1) is 24.8 Å². The molecule has 2 aromatic rings. The monoisotopic (exact) mass is 448 g/mol. The molecule has 3 aliphatic heterocycles. The summed E-state index contributed by atoms with van der Waals surface area (Å²) >= 11 is 0. The number of hydrogen-bond donors (Lipinski definition) is 1. The second kappa shape index (κ2) is 9.14. The summed E-state index contributed by atoms with van der Waals surface area (Å²) in [5.41, 5.74) is 4.06. The quantitative estimate of drug-likeness (QED) is 0.775. The Morgan fingerprint density at radius 2 is 1.91 bits per heavy atom. The van der Waals surface area contributed by atoms with Crippen LogP contribution in [0.25, 0.3) is 0 Å². The van der Waals surface area contributed by atoms with Crippen LogP contribution in [0.5, 0.6) is 0 Å². The van der Waals surface area contributed by atoms with Crippen molar-refractivity contribution in [3.63, 3.8) is 0 Å². The summed E-state index contributed by atoms with van der Waals surface area (Å²) in [7, 11) is 0. The van der Waals surface area contributed by atoms with Crippen LogP contribution in [0.15, 0.2) is 36.4 Å². The minimum atomic E-state index is -0.294. The van der Waals surface area contributed by atoms with E-state index in [0.717, 1.165) is 60.7 Å². The van der Waals surface area contributed by atoms with Gasteiger partial charge in [-0.05, 0) is 49.4 Å². The highest BCUT2D eigenvalue weighted by molar-refractivity contribution is 6.00.